The lowest BCUT2D eigenvalue weighted by Gasteiger charge is -2.14. The highest BCUT2D eigenvalue weighted by Gasteiger charge is 2.23. The van der Waals surface area contributed by atoms with Gasteiger partial charge in [0.2, 0.25) is 5.91 Å². The molecule has 116 valence electrons. The average Bonchev–Trinajstić information content (AvgIpc) is 3.15. The average molecular weight is 323 g/mol. The van der Waals surface area contributed by atoms with Crippen molar-refractivity contribution < 1.29 is 4.79 Å². The van der Waals surface area contributed by atoms with Gasteiger partial charge in [0.05, 0.1) is 15.2 Å². The summed E-state index contributed by atoms with van der Waals surface area (Å²) >= 11 is 1.68. The van der Waals surface area contributed by atoms with Crippen LogP contribution in [0.25, 0.3) is 10.2 Å². The molecule has 2 aromatic heterocycles. The van der Waals surface area contributed by atoms with Crippen LogP contribution in [0.15, 0.2) is 36.5 Å². The first kappa shape index (κ1) is 14.3. The van der Waals surface area contributed by atoms with Crippen LogP contribution in [0.4, 0.5) is 0 Å². The number of hydrogen-bond donors (Lipinski definition) is 0. The predicted octanol–water partition coefficient (Wildman–Crippen LogP) is 3.47. The van der Waals surface area contributed by atoms with Gasteiger partial charge < -0.3 is 4.90 Å². The second-order valence-corrected chi connectivity index (χ2v) is 7.03. The first-order valence-corrected chi connectivity index (χ1v) is 8.57. The molecule has 1 amide bonds. The lowest BCUT2D eigenvalue weighted by atomic mass is 10.2. The van der Waals surface area contributed by atoms with Gasteiger partial charge in [-0.05, 0) is 36.2 Å². The third-order valence-corrected chi connectivity index (χ3v) is 5.28. The number of amides is 1. The number of fused-ring (bicyclic) bond motifs is 2. The van der Waals surface area contributed by atoms with E-state index in [0.29, 0.717) is 25.9 Å². The van der Waals surface area contributed by atoms with Gasteiger partial charge in [-0.2, -0.15) is 0 Å². The Hall–Kier alpha value is -2.27. The van der Waals surface area contributed by atoms with Crippen molar-refractivity contribution in [2.24, 2.45) is 0 Å². The highest BCUT2D eigenvalue weighted by Crippen LogP contribution is 2.25. The van der Waals surface area contributed by atoms with Crippen LogP contribution in [0, 0.1) is 6.92 Å². The molecule has 1 aliphatic rings. The maximum absolute atomic E-state index is 12.5. The number of pyridine rings is 1. The van der Waals surface area contributed by atoms with Gasteiger partial charge in [0.15, 0.2) is 0 Å². The summed E-state index contributed by atoms with van der Waals surface area (Å²) in [5, 5.41) is 1.04. The van der Waals surface area contributed by atoms with Crippen molar-refractivity contribution in [2.75, 3.05) is 0 Å². The second kappa shape index (κ2) is 5.74. The number of nitrogens with zero attached hydrogens (tertiary/aromatic N) is 3. The molecular formula is C18H17N3OS. The standard InChI is InChI=1S/C18H17N3OS/c1-12-8-13-10-21(11-14(13)9-19-12)18(22)7-6-17-20-15-4-2-3-5-16(15)23-17/h2-5,8-9H,6-7,10-11H2,1H3. The lowest BCUT2D eigenvalue weighted by molar-refractivity contribution is -0.131. The zero-order chi connectivity index (χ0) is 15.8. The van der Waals surface area contributed by atoms with E-state index in [1.807, 2.05) is 36.2 Å². The zero-order valence-corrected chi connectivity index (χ0v) is 13.8. The number of carbonyl (C=O) groups excluding carboxylic acids is 1. The maximum Gasteiger partial charge on any atom is 0.223 e. The summed E-state index contributed by atoms with van der Waals surface area (Å²) in [7, 11) is 0. The van der Waals surface area contributed by atoms with Crippen molar-refractivity contribution in [3.8, 4) is 0 Å². The van der Waals surface area contributed by atoms with E-state index in [9.17, 15) is 4.79 Å². The molecule has 0 atom stereocenters. The van der Waals surface area contributed by atoms with Crippen LogP contribution in [0.2, 0.25) is 0 Å². The zero-order valence-electron chi connectivity index (χ0n) is 13.0. The van der Waals surface area contributed by atoms with Crippen LogP contribution < -0.4 is 0 Å². The molecule has 0 fully saturated rings. The minimum atomic E-state index is 0.193. The summed E-state index contributed by atoms with van der Waals surface area (Å²) in [6.45, 7) is 3.37. The fourth-order valence-electron chi connectivity index (χ4n) is 2.98. The van der Waals surface area contributed by atoms with Crippen molar-refractivity contribution in [1.29, 1.82) is 0 Å². The molecule has 5 heteroatoms. The smallest absolute Gasteiger partial charge is 0.223 e. The van der Waals surface area contributed by atoms with Crippen LogP contribution in [-0.2, 0) is 24.3 Å². The van der Waals surface area contributed by atoms with Crippen LogP contribution >= 0.6 is 11.3 Å². The number of aryl methyl sites for hydroxylation is 2. The molecule has 0 radical (unpaired) electrons. The van der Waals surface area contributed by atoms with E-state index in [1.165, 1.54) is 15.8 Å². The van der Waals surface area contributed by atoms with Crippen LogP contribution in [0.5, 0.6) is 0 Å². The summed E-state index contributed by atoms with van der Waals surface area (Å²) < 4.78 is 1.19. The fourth-order valence-corrected chi connectivity index (χ4v) is 3.94. The molecule has 0 bridgehead atoms. The minimum absolute atomic E-state index is 0.193. The van der Waals surface area contributed by atoms with Gasteiger partial charge in [-0.25, -0.2) is 4.98 Å². The Balaban J connectivity index is 1.41. The first-order valence-electron chi connectivity index (χ1n) is 7.76. The molecule has 1 aliphatic heterocycles. The number of rotatable bonds is 3. The molecule has 0 aliphatic carbocycles. The monoisotopic (exact) mass is 323 g/mol. The topological polar surface area (TPSA) is 46.1 Å². The van der Waals surface area contributed by atoms with E-state index in [-0.39, 0.29) is 5.91 Å². The highest BCUT2D eigenvalue weighted by atomic mass is 32.1. The van der Waals surface area contributed by atoms with Gasteiger partial charge in [-0.15, -0.1) is 11.3 Å². The van der Waals surface area contributed by atoms with Crippen molar-refractivity contribution in [2.45, 2.75) is 32.9 Å². The van der Waals surface area contributed by atoms with E-state index in [0.717, 1.165) is 16.2 Å². The second-order valence-electron chi connectivity index (χ2n) is 5.92. The number of benzene rings is 1. The molecule has 0 saturated heterocycles. The molecule has 23 heavy (non-hydrogen) atoms. The Bertz CT molecular complexity index is 854. The molecule has 4 nitrogen and oxygen atoms in total. The Morgan fingerprint density at radius 3 is 2.96 bits per heavy atom. The summed E-state index contributed by atoms with van der Waals surface area (Å²) in [6.07, 6.45) is 3.12. The van der Waals surface area contributed by atoms with E-state index >= 15 is 0 Å². The SMILES string of the molecule is Cc1cc2c(cn1)CN(C(=O)CCc1nc3ccccc3s1)C2. The van der Waals surface area contributed by atoms with E-state index in [1.54, 1.807) is 11.3 Å². The van der Waals surface area contributed by atoms with Gasteiger partial charge in [-0.3, -0.25) is 9.78 Å². The van der Waals surface area contributed by atoms with E-state index in [4.69, 9.17) is 0 Å². The van der Waals surface area contributed by atoms with Crippen molar-refractivity contribution in [1.82, 2.24) is 14.9 Å². The Morgan fingerprint density at radius 1 is 1.26 bits per heavy atom. The number of thiazole rings is 1. The van der Waals surface area contributed by atoms with Gasteiger partial charge in [0, 0.05) is 37.8 Å². The number of para-hydroxylation sites is 1. The van der Waals surface area contributed by atoms with Crippen LogP contribution in [-0.4, -0.2) is 20.8 Å². The van der Waals surface area contributed by atoms with Gasteiger partial charge in [0.25, 0.3) is 0 Å². The van der Waals surface area contributed by atoms with E-state index in [2.05, 4.69) is 22.1 Å². The molecule has 3 aromatic rings. The van der Waals surface area contributed by atoms with Crippen LogP contribution in [0.1, 0.15) is 28.2 Å². The quantitative estimate of drug-likeness (QED) is 0.741. The third kappa shape index (κ3) is 2.84. The normalized spacial score (nSPS) is 13.5. The number of hydrogen-bond acceptors (Lipinski definition) is 4. The Kier molecular flexibility index (Phi) is 3.58. The lowest BCUT2D eigenvalue weighted by Crippen LogP contribution is -2.25. The summed E-state index contributed by atoms with van der Waals surface area (Å²) in [4.78, 5) is 23.3. The molecule has 1 aromatic carbocycles. The summed E-state index contributed by atoms with van der Waals surface area (Å²) in [5.74, 6) is 0.193. The summed E-state index contributed by atoms with van der Waals surface area (Å²) in [6, 6.07) is 10.2. The minimum Gasteiger partial charge on any atom is -0.334 e. The fraction of sp³-hybridized carbons (Fsp3) is 0.278. The van der Waals surface area contributed by atoms with Gasteiger partial charge in [-0.1, -0.05) is 12.1 Å². The number of aromatic nitrogens is 2. The first-order chi connectivity index (χ1) is 11.2. The third-order valence-electron chi connectivity index (χ3n) is 4.19. The van der Waals surface area contributed by atoms with Crippen molar-refractivity contribution in [3.05, 3.63) is 58.4 Å². The molecule has 0 N–H and O–H groups in total. The van der Waals surface area contributed by atoms with Crippen LogP contribution in [0.3, 0.4) is 0 Å². The predicted molar refractivity (Wildman–Crippen MR) is 91.2 cm³/mol. The maximum atomic E-state index is 12.5. The van der Waals surface area contributed by atoms with Gasteiger partial charge in [0.1, 0.15) is 0 Å². The van der Waals surface area contributed by atoms with Gasteiger partial charge >= 0.3 is 0 Å². The van der Waals surface area contributed by atoms with Crippen molar-refractivity contribution >= 4 is 27.5 Å². The van der Waals surface area contributed by atoms with E-state index < -0.39 is 0 Å². The van der Waals surface area contributed by atoms with Crippen molar-refractivity contribution in [3.63, 3.8) is 0 Å². The Labute approximate surface area is 138 Å². The molecular weight excluding hydrogens is 306 g/mol. The Morgan fingerprint density at radius 2 is 2.09 bits per heavy atom. The molecule has 0 saturated carbocycles. The molecule has 0 unspecified atom stereocenters. The largest absolute Gasteiger partial charge is 0.334 e. The highest BCUT2D eigenvalue weighted by molar-refractivity contribution is 7.18. The molecule has 0 spiro atoms. The summed E-state index contributed by atoms with van der Waals surface area (Å²) in [5.41, 5.74) is 4.43. The number of carbonyl (C=O) groups is 1. The molecule has 3 heterocycles. The molecule has 4 rings (SSSR count).